The van der Waals surface area contributed by atoms with Crippen molar-refractivity contribution in [3.05, 3.63) is 47.1 Å². The van der Waals surface area contributed by atoms with Gasteiger partial charge in [-0.05, 0) is 28.0 Å². The zero-order chi connectivity index (χ0) is 17.2. The molecule has 3 rings (SSSR count). The lowest BCUT2D eigenvalue weighted by Gasteiger charge is -2.15. The van der Waals surface area contributed by atoms with E-state index < -0.39 is 8.07 Å². The Labute approximate surface area is 152 Å². The van der Waals surface area contributed by atoms with Gasteiger partial charge in [-0.25, -0.2) is 9.67 Å². The lowest BCUT2D eigenvalue weighted by Crippen LogP contribution is -2.22. The van der Waals surface area contributed by atoms with E-state index in [1.54, 1.807) is 6.20 Å². The van der Waals surface area contributed by atoms with Crippen LogP contribution in [0.15, 0.2) is 47.1 Å². The van der Waals surface area contributed by atoms with Gasteiger partial charge in [0, 0.05) is 36.3 Å². The molecule has 0 spiro atoms. The fraction of sp³-hybridized carbons (Fsp3) is 0.333. The van der Waals surface area contributed by atoms with Gasteiger partial charge in [0.1, 0.15) is 12.4 Å². The molecule has 0 bridgehead atoms. The number of nitrogens with zero attached hydrogens (tertiary/aromatic N) is 3. The smallest absolute Gasteiger partial charge is 0.160 e. The Kier molecular flexibility index (Phi) is 5.17. The molecule has 0 saturated heterocycles. The van der Waals surface area contributed by atoms with E-state index in [9.17, 15) is 0 Å². The van der Waals surface area contributed by atoms with Gasteiger partial charge in [0.2, 0.25) is 0 Å². The third-order valence-electron chi connectivity index (χ3n) is 3.81. The van der Waals surface area contributed by atoms with Crippen molar-refractivity contribution in [2.24, 2.45) is 0 Å². The molecule has 6 heteroatoms. The molecule has 0 atom stereocenters. The Hall–Kier alpha value is -1.50. The first-order valence-electron chi connectivity index (χ1n) is 8.09. The topological polar surface area (TPSA) is 39.9 Å². The predicted octanol–water partition coefficient (Wildman–Crippen LogP) is 5.17. The lowest BCUT2D eigenvalue weighted by atomic mass is 10.1. The molecule has 1 aromatic carbocycles. The van der Waals surface area contributed by atoms with Crippen LogP contribution in [0.2, 0.25) is 25.7 Å². The third kappa shape index (κ3) is 4.12. The number of hydrogen-bond donors (Lipinski definition) is 0. The fourth-order valence-corrected chi connectivity index (χ4v) is 3.55. The SMILES string of the molecule is C[Si](C)(C)CCOCn1nc(-c2ccccc2)c2cc(Br)cnc21. The van der Waals surface area contributed by atoms with Crippen LogP contribution in [-0.2, 0) is 11.5 Å². The van der Waals surface area contributed by atoms with Gasteiger partial charge in [-0.15, -0.1) is 0 Å². The van der Waals surface area contributed by atoms with Gasteiger partial charge in [-0.3, -0.25) is 0 Å². The van der Waals surface area contributed by atoms with Crippen LogP contribution in [0.1, 0.15) is 0 Å². The minimum Gasteiger partial charge on any atom is -0.359 e. The number of ether oxygens (including phenoxy) is 1. The van der Waals surface area contributed by atoms with Crippen molar-refractivity contribution in [3.8, 4) is 11.3 Å². The maximum absolute atomic E-state index is 5.87. The van der Waals surface area contributed by atoms with Crippen molar-refractivity contribution >= 4 is 35.0 Å². The van der Waals surface area contributed by atoms with E-state index in [2.05, 4.69) is 58.8 Å². The Morgan fingerprint density at radius 3 is 2.62 bits per heavy atom. The Morgan fingerprint density at radius 2 is 1.92 bits per heavy atom. The van der Waals surface area contributed by atoms with Crippen molar-refractivity contribution < 1.29 is 4.74 Å². The maximum atomic E-state index is 5.87. The summed E-state index contributed by atoms with van der Waals surface area (Å²) in [7, 11) is -1.08. The second kappa shape index (κ2) is 7.17. The summed E-state index contributed by atoms with van der Waals surface area (Å²) < 4.78 is 8.67. The van der Waals surface area contributed by atoms with E-state index >= 15 is 0 Å². The standard InChI is InChI=1S/C18H22BrN3OSi/c1-24(2,3)10-9-23-13-22-18-16(11-15(19)12-20-18)17(21-22)14-7-5-4-6-8-14/h4-8,11-12H,9-10,13H2,1-3H3. The molecule has 3 aromatic rings. The van der Waals surface area contributed by atoms with Crippen molar-refractivity contribution in [2.75, 3.05) is 6.61 Å². The molecule has 0 fully saturated rings. The van der Waals surface area contributed by atoms with Crippen LogP contribution >= 0.6 is 15.9 Å². The van der Waals surface area contributed by atoms with Gasteiger partial charge >= 0.3 is 0 Å². The number of hydrogen-bond acceptors (Lipinski definition) is 3. The molecule has 2 heterocycles. The van der Waals surface area contributed by atoms with E-state index in [-0.39, 0.29) is 0 Å². The molecule has 0 aliphatic heterocycles. The summed E-state index contributed by atoms with van der Waals surface area (Å²) in [5.74, 6) is 0. The third-order valence-corrected chi connectivity index (χ3v) is 5.95. The first-order chi connectivity index (χ1) is 11.4. The van der Waals surface area contributed by atoms with Gasteiger partial charge in [0.15, 0.2) is 5.65 Å². The van der Waals surface area contributed by atoms with Crippen molar-refractivity contribution in [1.29, 1.82) is 0 Å². The second-order valence-electron chi connectivity index (χ2n) is 7.09. The molecule has 0 amide bonds. The quantitative estimate of drug-likeness (QED) is 0.420. The number of aromatic nitrogens is 3. The van der Waals surface area contributed by atoms with Crippen molar-refractivity contribution in [2.45, 2.75) is 32.4 Å². The highest BCUT2D eigenvalue weighted by Crippen LogP contribution is 2.28. The summed E-state index contributed by atoms with van der Waals surface area (Å²) in [5, 5.41) is 5.79. The Bertz CT molecular complexity index is 827. The summed E-state index contributed by atoms with van der Waals surface area (Å²) in [6.45, 7) is 8.27. The van der Waals surface area contributed by atoms with Gasteiger partial charge < -0.3 is 4.74 Å². The van der Waals surface area contributed by atoms with Gasteiger partial charge in [-0.1, -0.05) is 50.0 Å². The zero-order valence-corrected chi connectivity index (χ0v) is 16.9. The number of pyridine rings is 1. The average Bonchev–Trinajstić information content (AvgIpc) is 2.89. The fourth-order valence-electron chi connectivity index (χ4n) is 2.46. The number of halogens is 1. The van der Waals surface area contributed by atoms with Crippen LogP contribution < -0.4 is 0 Å². The summed E-state index contributed by atoms with van der Waals surface area (Å²) >= 11 is 3.51. The van der Waals surface area contributed by atoms with Gasteiger partial charge in [-0.2, -0.15) is 5.10 Å². The largest absolute Gasteiger partial charge is 0.359 e. The Morgan fingerprint density at radius 1 is 1.17 bits per heavy atom. The van der Waals surface area contributed by atoms with E-state index in [4.69, 9.17) is 9.84 Å². The van der Waals surface area contributed by atoms with E-state index in [1.165, 1.54) is 0 Å². The summed E-state index contributed by atoms with van der Waals surface area (Å²) in [6.07, 6.45) is 1.80. The molecule has 2 aromatic heterocycles. The minimum atomic E-state index is -1.08. The molecule has 0 aliphatic rings. The molecule has 24 heavy (non-hydrogen) atoms. The van der Waals surface area contributed by atoms with E-state index in [1.807, 2.05) is 22.9 Å². The second-order valence-corrected chi connectivity index (χ2v) is 13.6. The maximum Gasteiger partial charge on any atom is 0.160 e. The van der Waals surface area contributed by atoms with Crippen LogP contribution in [0.5, 0.6) is 0 Å². The molecule has 0 aliphatic carbocycles. The highest BCUT2D eigenvalue weighted by molar-refractivity contribution is 9.10. The highest BCUT2D eigenvalue weighted by Gasteiger charge is 2.15. The summed E-state index contributed by atoms with van der Waals surface area (Å²) in [4.78, 5) is 4.54. The zero-order valence-electron chi connectivity index (χ0n) is 14.3. The number of fused-ring (bicyclic) bond motifs is 1. The minimum absolute atomic E-state index is 0.433. The molecular weight excluding hydrogens is 382 g/mol. The van der Waals surface area contributed by atoms with Crippen molar-refractivity contribution in [3.63, 3.8) is 0 Å². The molecule has 0 unspecified atom stereocenters. The number of rotatable bonds is 6. The lowest BCUT2D eigenvalue weighted by molar-refractivity contribution is 0.0814. The molecule has 0 N–H and O–H groups in total. The van der Waals surface area contributed by atoms with Crippen LogP contribution in [0, 0.1) is 0 Å². The highest BCUT2D eigenvalue weighted by atomic mass is 79.9. The molecule has 4 nitrogen and oxygen atoms in total. The van der Waals surface area contributed by atoms with Crippen LogP contribution in [0.25, 0.3) is 22.3 Å². The van der Waals surface area contributed by atoms with Crippen molar-refractivity contribution in [1.82, 2.24) is 14.8 Å². The van der Waals surface area contributed by atoms with Crippen LogP contribution in [0.4, 0.5) is 0 Å². The van der Waals surface area contributed by atoms with Gasteiger partial charge in [0.05, 0.1) is 0 Å². The summed E-state index contributed by atoms with van der Waals surface area (Å²) in [6, 6.07) is 13.4. The molecule has 0 radical (unpaired) electrons. The normalized spacial score (nSPS) is 12.0. The van der Waals surface area contributed by atoms with Gasteiger partial charge in [0.25, 0.3) is 0 Å². The summed E-state index contributed by atoms with van der Waals surface area (Å²) in [5.41, 5.74) is 2.88. The van der Waals surface area contributed by atoms with E-state index in [0.717, 1.165) is 39.4 Å². The average molecular weight is 404 g/mol. The first-order valence-corrected chi connectivity index (χ1v) is 12.6. The molecule has 0 saturated carbocycles. The first kappa shape index (κ1) is 17.3. The number of benzene rings is 1. The van der Waals surface area contributed by atoms with Crippen LogP contribution in [0.3, 0.4) is 0 Å². The Balaban J connectivity index is 1.89. The predicted molar refractivity (Wildman–Crippen MR) is 105 cm³/mol. The van der Waals surface area contributed by atoms with E-state index in [0.29, 0.717) is 6.73 Å². The monoisotopic (exact) mass is 403 g/mol. The molecule has 126 valence electrons. The van der Waals surface area contributed by atoms with Crippen LogP contribution in [-0.4, -0.2) is 29.4 Å². The molecular formula is C18H22BrN3OSi.